The maximum Gasteiger partial charge on any atom is 0.247 e. The topological polar surface area (TPSA) is 59.9 Å². The fourth-order valence-electron chi connectivity index (χ4n) is 2.12. The molecule has 0 aliphatic heterocycles. The van der Waals surface area contributed by atoms with Crippen LogP contribution in [0.15, 0.2) is 65.8 Å². The first-order valence-electron chi connectivity index (χ1n) is 6.84. The molecule has 0 unspecified atom stereocenters. The third-order valence-corrected chi connectivity index (χ3v) is 4.34. The summed E-state index contributed by atoms with van der Waals surface area (Å²) in [5, 5.41) is 0.415. The summed E-state index contributed by atoms with van der Waals surface area (Å²) in [6.07, 6.45) is 1.10. The number of sulfone groups is 1. The highest BCUT2D eigenvalue weighted by Crippen LogP contribution is 2.25. The lowest BCUT2D eigenvalue weighted by Gasteiger charge is -2.08. The number of rotatable bonds is 3. The number of benzene rings is 2. The van der Waals surface area contributed by atoms with Crippen molar-refractivity contribution in [2.24, 2.45) is 0 Å². The Hall–Kier alpha value is -2.24. The van der Waals surface area contributed by atoms with Crippen LogP contribution in [-0.4, -0.2) is 24.6 Å². The Bertz CT molecular complexity index is 940. The van der Waals surface area contributed by atoms with Gasteiger partial charge in [0.05, 0.1) is 11.4 Å². The van der Waals surface area contributed by atoms with Gasteiger partial charge in [-0.25, -0.2) is 18.4 Å². The average molecular weight is 345 g/mol. The lowest BCUT2D eigenvalue weighted by Crippen LogP contribution is -2.06. The van der Waals surface area contributed by atoms with Gasteiger partial charge >= 0.3 is 0 Å². The number of aromatic nitrogens is 2. The molecule has 3 rings (SSSR count). The van der Waals surface area contributed by atoms with Gasteiger partial charge in [-0.3, -0.25) is 0 Å². The van der Waals surface area contributed by atoms with E-state index in [2.05, 4.69) is 9.97 Å². The SMILES string of the molecule is CS(=O)(=O)c1nc(-c2ccccc2)cc(-c2ccc(Cl)cc2)n1. The molecule has 0 amide bonds. The highest BCUT2D eigenvalue weighted by atomic mass is 35.5. The second-order valence-corrected chi connectivity index (χ2v) is 7.41. The van der Waals surface area contributed by atoms with E-state index < -0.39 is 9.84 Å². The van der Waals surface area contributed by atoms with E-state index in [1.165, 1.54) is 0 Å². The minimum absolute atomic E-state index is 0.191. The summed E-state index contributed by atoms with van der Waals surface area (Å²) < 4.78 is 23.8. The molecule has 0 spiro atoms. The van der Waals surface area contributed by atoms with Gasteiger partial charge in [-0.15, -0.1) is 0 Å². The monoisotopic (exact) mass is 344 g/mol. The van der Waals surface area contributed by atoms with Crippen LogP contribution >= 0.6 is 11.6 Å². The largest absolute Gasteiger partial charge is 0.247 e. The lowest BCUT2D eigenvalue weighted by molar-refractivity contribution is 0.593. The van der Waals surface area contributed by atoms with Crippen molar-refractivity contribution in [3.63, 3.8) is 0 Å². The molecule has 2 aromatic carbocycles. The smallest absolute Gasteiger partial charge is 0.221 e. The molecule has 1 aromatic heterocycles. The molecule has 0 bridgehead atoms. The normalized spacial score (nSPS) is 11.4. The predicted octanol–water partition coefficient (Wildman–Crippen LogP) is 3.87. The zero-order valence-corrected chi connectivity index (χ0v) is 13.8. The number of nitrogens with zero attached hydrogens (tertiary/aromatic N) is 2. The maximum absolute atomic E-state index is 11.9. The van der Waals surface area contributed by atoms with Crippen LogP contribution in [0.2, 0.25) is 5.02 Å². The van der Waals surface area contributed by atoms with Crippen molar-refractivity contribution in [3.8, 4) is 22.5 Å². The van der Waals surface area contributed by atoms with Crippen molar-refractivity contribution in [3.05, 3.63) is 65.7 Å². The Morgan fingerprint density at radius 3 is 1.87 bits per heavy atom. The molecule has 116 valence electrons. The van der Waals surface area contributed by atoms with Gasteiger partial charge in [0.2, 0.25) is 15.0 Å². The molecular formula is C17H13ClN2O2S. The van der Waals surface area contributed by atoms with E-state index in [0.717, 1.165) is 17.4 Å². The summed E-state index contributed by atoms with van der Waals surface area (Å²) in [5.74, 6) is 0. The van der Waals surface area contributed by atoms with Gasteiger partial charge < -0.3 is 0 Å². The van der Waals surface area contributed by atoms with Gasteiger partial charge in [-0.2, -0.15) is 0 Å². The molecule has 4 nitrogen and oxygen atoms in total. The third-order valence-electron chi connectivity index (χ3n) is 3.25. The van der Waals surface area contributed by atoms with Crippen LogP contribution in [0.4, 0.5) is 0 Å². The van der Waals surface area contributed by atoms with Crippen LogP contribution in [0.5, 0.6) is 0 Å². The Morgan fingerprint density at radius 2 is 1.35 bits per heavy atom. The Morgan fingerprint density at radius 1 is 0.826 bits per heavy atom. The van der Waals surface area contributed by atoms with E-state index in [1.807, 2.05) is 30.3 Å². The van der Waals surface area contributed by atoms with E-state index in [-0.39, 0.29) is 5.16 Å². The van der Waals surface area contributed by atoms with Crippen LogP contribution in [0.1, 0.15) is 0 Å². The molecule has 0 N–H and O–H groups in total. The molecule has 0 aliphatic rings. The van der Waals surface area contributed by atoms with E-state index >= 15 is 0 Å². The molecule has 0 atom stereocenters. The molecule has 0 saturated carbocycles. The standard InChI is InChI=1S/C17H13ClN2O2S/c1-23(21,22)17-19-15(12-5-3-2-4-6-12)11-16(20-17)13-7-9-14(18)10-8-13/h2-11H,1H3. The molecule has 0 aliphatic carbocycles. The van der Waals surface area contributed by atoms with E-state index in [1.54, 1.807) is 30.3 Å². The molecule has 0 radical (unpaired) electrons. The predicted molar refractivity (Wildman–Crippen MR) is 91.0 cm³/mol. The van der Waals surface area contributed by atoms with Gasteiger partial charge in [0, 0.05) is 22.4 Å². The molecule has 0 fully saturated rings. The first kappa shape index (κ1) is 15.6. The summed E-state index contributed by atoms with van der Waals surface area (Å²) in [6.45, 7) is 0. The highest BCUT2D eigenvalue weighted by Gasteiger charge is 2.16. The zero-order chi connectivity index (χ0) is 16.4. The van der Waals surface area contributed by atoms with Crippen molar-refractivity contribution in [1.82, 2.24) is 9.97 Å². The van der Waals surface area contributed by atoms with E-state index in [4.69, 9.17) is 11.6 Å². The highest BCUT2D eigenvalue weighted by molar-refractivity contribution is 7.90. The maximum atomic E-state index is 11.9. The summed E-state index contributed by atoms with van der Waals surface area (Å²) >= 11 is 5.90. The van der Waals surface area contributed by atoms with Crippen molar-refractivity contribution in [1.29, 1.82) is 0 Å². The van der Waals surface area contributed by atoms with Crippen molar-refractivity contribution in [2.45, 2.75) is 5.16 Å². The van der Waals surface area contributed by atoms with Gasteiger partial charge in [0.25, 0.3) is 0 Å². The molecule has 3 aromatic rings. The van der Waals surface area contributed by atoms with Crippen LogP contribution in [-0.2, 0) is 9.84 Å². The molecular weight excluding hydrogens is 332 g/mol. The molecule has 1 heterocycles. The van der Waals surface area contributed by atoms with Gasteiger partial charge in [-0.05, 0) is 18.2 Å². The minimum atomic E-state index is -3.52. The van der Waals surface area contributed by atoms with Crippen LogP contribution < -0.4 is 0 Å². The van der Waals surface area contributed by atoms with Gasteiger partial charge in [0.1, 0.15) is 0 Å². The van der Waals surface area contributed by atoms with Crippen LogP contribution in [0.3, 0.4) is 0 Å². The Balaban J connectivity index is 2.22. The van der Waals surface area contributed by atoms with Crippen molar-refractivity contribution >= 4 is 21.4 Å². The fourth-order valence-corrected chi connectivity index (χ4v) is 2.77. The molecule has 0 saturated heterocycles. The summed E-state index contributed by atoms with van der Waals surface area (Å²) in [5.41, 5.74) is 2.70. The average Bonchev–Trinajstić information content (AvgIpc) is 2.55. The van der Waals surface area contributed by atoms with Gasteiger partial charge in [-0.1, -0.05) is 54.1 Å². The van der Waals surface area contributed by atoms with Gasteiger partial charge in [0.15, 0.2) is 0 Å². The Labute approximate surface area is 139 Å². The minimum Gasteiger partial charge on any atom is -0.221 e. The zero-order valence-electron chi connectivity index (χ0n) is 12.3. The van der Waals surface area contributed by atoms with Crippen molar-refractivity contribution < 1.29 is 8.42 Å². The van der Waals surface area contributed by atoms with E-state index in [0.29, 0.717) is 16.4 Å². The summed E-state index contributed by atoms with van der Waals surface area (Å²) in [7, 11) is -3.52. The summed E-state index contributed by atoms with van der Waals surface area (Å²) in [6, 6.07) is 18.2. The number of hydrogen-bond acceptors (Lipinski definition) is 4. The number of hydrogen-bond donors (Lipinski definition) is 0. The molecule has 23 heavy (non-hydrogen) atoms. The summed E-state index contributed by atoms with van der Waals surface area (Å²) in [4.78, 5) is 8.38. The fraction of sp³-hybridized carbons (Fsp3) is 0.0588. The van der Waals surface area contributed by atoms with E-state index in [9.17, 15) is 8.42 Å². The van der Waals surface area contributed by atoms with Crippen molar-refractivity contribution in [2.75, 3.05) is 6.26 Å². The first-order chi connectivity index (χ1) is 10.9. The number of halogens is 1. The first-order valence-corrected chi connectivity index (χ1v) is 9.11. The van der Waals surface area contributed by atoms with Crippen LogP contribution in [0.25, 0.3) is 22.5 Å². The second-order valence-electron chi connectivity index (χ2n) is 5.07. The van der Waals surface area contributed by atoms with Crippen LogP contribution in [0, 0.1) is 0 Å². The lowest BCUT2D eigenvalue weighted by atomic mass is 10.1. The quantitative estimate of drug-likeness (QED) is 0.677. The molecule has 6 heteroatoms. The third kappa shape index (κ3) is 3.57. The Kier molecular flexibility index (Phi) is 4.15. The second kappa shape index (κ2) is 6.10.